The number of aliphatic hydroxyl groups excluding tert-OH is 1. The maximum Gasteiger partial charge on any atom is 0.410 e. The molecule has 1 aliphatic rings. The number of aliphatic hydroxyl groups is 1. The topological polar surface area (TPSA) is 71.9 Å². The Hall–Kier alpha value is -2.67. The minimum atomic E-state index is -0.530. The van der Waals surface area contributed by atoms with E-state index in [9.17, 15) is 9.18 Å². The minimum Gasteiger partial charge on any atom is -0.490 e. The second-order valence-corrected chi connectivity index (χ2v) is 8.51. The van der Waals surface area contributed by atoms with E-state index >= 15 is 0 Å². The maximum atomic E-state index is 14.0. The van der Waals surface area contributed by atoms with E-state index in [1.807, 2.05) is 32.9 Å². The minimum absolute atomic E-state index is 0.0391. The van der Waals surface area contributed by atoms with E-state index < -0.39 is 5.60 Å². The second kappa shape index (κ2) is 9.43. The molecule has 30 heavy (non-hydrogen) atoms. The van der Waals surface area contributed by atoms with Gasteiger partial charge >= 0.3 is 6.09 Å². The summed E-state index contributed by atoms with van der Waals surface area (Å²) < 4.78 is 25.3. The first-order valence-electron chi connectivity index (χ1n) is 10.2. The highest BCUT2D eigenvalue weighted by Gasteiger charge is 2.35. The first-order chi connectivity index (χ1) is 14.2. The summed E-state index contributed by atoms with van der Waals surface area (Å²) in [5.41, 5.74) is 1.75. The Bertz CT molecular complexity index is 882. The molecule has 1 aromatic heterocycles. The zero-order valence-electron chi connectivity index (χ0n) is 17.7. The van der Waals surface area contributed by atoms with Crippen LogP contribution in [-0.2, 0) is 11.2 Å². The van der Waals surface area contributed by atoms with Crippen LogP contribution in [-0.4, -0.2) is 52.5 Å². The van der Waals surface area contributed by atoms with E-state index in [4.69, 9.17) is 14.6 Å². The molecule has 0 radical (unpaired) electrons. The van der Waals surface area contributed by atoms with Gasteiger partial charge in [-0.05, 0) is 69.4 Å². The lowest BCUT2D eigenvalue weighted by Crippen LogP contribution is -2.55. The van der Waals surface area contributed by atoms with E-state index in [2.05, 4.69) is 4.98 Å². The molecule has 2 aromatic rings. The fraction of sp³-hybridized carbons (Fsp3) is 0.478. The van der Waals surface area contributed by atoms with Crippen molar-refractivity contribution in [2.24, 2.45) is 0 Å². The highest BCUT2D eigenvalue weighted by molar-refractivity contribution is 5.69. The summed E-state index contributed by atoms with van der Waals surface area (Å²) in [5.74, 6) is 0.235. The van der Waals surface area contributed by atoms with Gasteiger partial charge in [-0.1, -0.05) is 6.07 Å². The number of nitrogens with zero attached hydrogens (tertiary/aromatic N) is 2. The molecule has 0 spiro atoms. The number of aryl methyl sites for hydroxylation is 1. The van der Waals surface area contributed by atoms with Crippen LogP contribution in [0.5, 0.6) is 5.75 Å². The van der Waals surface area contributed by atoms with Crippen LogP contribution in [0.2, 0.25) is 0 Å². The van der Waals surface area contributed by atoms with Crippen molar-refractivity contribution in [1.82, 2.24) is 9.88 Å². The molecule has 1 aromatic carbocycles. The molecule has 1 atom stereocenters. The summed E-state index contributed by atoms with van der Waals surface area (Å²) in [6.45, 7) is 6.59. The molecule has 3 rings (SSSR count). The molecule has 1 fully saturated rings. The SMILES string of the molecule is CC(C)(C)OC(=O)N1CC[C@H]1COc1cncc(-c2cc(F)cc(CCCO)c2)c1. The molecular formula is C23H29FN2O4. The number of likely N-dealkylation sites (tertiary alicyclic amines) is 1. The summed E-state index contributed by atoms with van der Waals surface area (Å²) in [5, 5.41) is 9.00. The normalized spacial score (nSPS) is 16.2. The van der Waals surface area contributed by atoms with Gasteiger partial charge in [-0.2, -0.15) is 0 Å². The van der Waals surface area contributed by atoms with Crippen molar-refractivity contribution in [2.45, 2.75) is 51.7 Å². The molecule has 162 valence electrons. The number of benzene rings is 1. The number of ether oxygens (including phenoxy) is 2. The molecule has 2 heterocycles. The standard InChI is InChI=1S/C23H29FN2O4/c1-23(2,3)30-22(28)26-7-6-20(26)15-29-21-12-18(13-25-14-21)17-9-16(5-4-8-27)10-19(24)11-17/h9-14,20,27H,4-8,15H2,1-3H3/t20-/m0/s1. The van der Waals surface area contributed by atoms with Crippen molar-refractivity contribution in [3.63, 3.8) is 0 Å². The number of amides is 1. The lowest BCUT2D eigenvalue weighted by atomic mass is 10.0. The smallest absolute Gasteiger partial charge is 0.410 e. The van der Waals surface area contributed by atoms with Gasteiger partial charge in [0, 0.05) is 24.9 Å². The third-order valence-electron chi connectivity index (χ3n) is 4.84. The van der Waals surface area contributed by atoms with E-state index in [0.29, 0.717) is 37.3 Å². The van der Waals surface area contributed by atoms with Crippen LogP contribution in [0, 0.1) is 5.82 Å². The van der Waals surface area contributed by atoms with Gasteiger partial charge in [-0.3, -0.25) is 4.98 Å². The zero-order chi connectivity index (χ0) is 21.7. The average Bonchev–Trinajstić information content (AvgIpc) is 2.64. The molecule has 1 amide bonds. The van der Waals surface area contributed by atoms with Crippen molar-refractivity contribution in [3.05, 3.63) is 48.0 Å². The second-order valence-electron chi connectivity index (χ2n) is 8.51. The van der Waals surface area contributed by atoms with E-state index in [0.717, 1.165) is 17.5 Å². The van der Waals surface area contributed by atoms with Crippen molar-refractivity contribution >= 4 is 6.09 Å². The van der Waals surface area contributed by atoms with Crippen LogP contribution >= 0.6 is 0 Å². The van der Waals surface area contributed by atoms with Crippen molar-refractivity contribution in [2.75, 3.05) is 19.8 Å². The van der Waals surface area contributed by atoms with Crippen molar-refractivity contribution < 1.29 is 23.8 Å². The monoisotopic (exact) mass is 416 g/mol. The van der Waals surface area contributed by atoms with Crippen LogP contribution in [0.25, 0.3) is 11.1 Å². The highest BCUT2D eigenvalue weighted by Crippen LogP contribution is 2.27. The first kappa shape index (κ1) is 22.0. The lowest BCUT2D eigenvalue weighted by Gasteiger charge is -2.40. The molecule has 1 aliphatic heterocycles. The zero-order valence-corrected chi connectivity index (χ0v) is 17.7. The summed E-state index contributed by atoms with van der Waals surface area (Å²) in [6.07, 6.45) is 4.97. The number of aromatic nitrogens is 1. The molecule has 6 nitrogen and oxygen atoms in total. The Balaban J connectivity index is 1.64. The fourth-order valence-corrected chi connectivity index (χ4v) is 3.27. The predicted molar refractivity (Wildman–Crippen MR) is 112 cm³/mol. The summed E-state index contributed by atoms with van der Waals surface area (Å²) in [7, 11) is 0. The van der Waals surface area contributed by atoms with Gasteiger partial charge in [-0.25, -0.2) is 9.18 Å². The molecule has 0 aliphatic carbocycles. The average molecular weight is 416 g/mol. The number of hydrogen-bond acceptors (Lipinski definition) is 5. The third kappa shape index (κ3) is 5.92. The number of halogens is 1. The molecule has 0 unspecified atom stereocenters. The van der Waals surface area contributed by atoms with Gasteiger partial charge in [0.15, 0.2) is 0 Å². The molecule has 0 saturated carbocycles. The van der Waals surface area contributed by atoms with Gasteiger partial charge in [0.05, 0.1) is 12.2 Å². The summed E-state index contributed by atoms with van der Waals surface area (Å²) >= 11 is 0. The quantitative estimate of drug-likeness (QED) is 0.732. The largest absolute Gasteiger partial charge is 0.490 e. The third-order valence-corrected chi connectivity index (χ3v) is 4.84. The van der Waals surface area contributed by atoms with Crippen LogP contribution < -0.4 is 4.74 Å². The molecular weight excluding hydrogens is 387 g/mol. The van der Waals surface area contributed by atoms with Crippen LogP contribution in [0.3, 0.4) is 0 Å². The van der Waals surface area contributed by atoms with E-state index in [1.54, 1.807) is 17.3 Å². The number of hydrogen-bond donors (Lipinski definition) is 1. The molecule has 1 N–H and O–H groups in total. The first-order valence-corrected chi connectivity index (χ1v) is 10.2. The lowest BCUT2D eigenvalue weighted by molar-refractivity contribution is -0.0141. The fourth-order valence-electron chi connectivity index (χ4n) is 3.27. The predicted octanol–water partition coefficient (Wildman–Crippen LogP) is 4.20. The van der Waals surface area contributed by atoms with Crippen LogP contribution in [0.1, 0.15) is 39.2 Å². The number of pyridine rings is 1. The van der Waals surface area contributed by atoms with E-state index in [1.165, 1.54) is 12.1 Å². The van der Waals surface area contributed by atoms with E-state index in [-0.39, 0.29) is 24.6 Å². The Morgan fingerprint density at radius 2 is 2.03 bits per heavy atom. The van der Waals surface area contributed by atoms with Crippen molar-refractivity contribution in [3.8, 4) is 16.9 Å². The maximum absolute atomic E-state index is 14.0. The molecule has 7 heteroatoms. The molecule has 1 saturated heterocycles. The van der Waals surface area contributed by atoms with Crippen LogP contribution in [0.4, 0.5) is 9.18 Å². The Morgan fingerprint density at radius 1 is 1.23 bits per heavy atom. The number of rotatable bonds is 7. The number of carbonyl (C=O) groups excluding carboxylic acids is 1. The Labute approximate surface area is 176 Å². The Kier molecular flexibility index (Phi) is 6.92. The summed E-state index contributed by atoms with van der Waals surface area (Å²) in [6, 6.07) is 6.61. The van der Waals surface area contributed by atoms with Gasteiger partial charge in [0.25, 0.3) is 0 Å². The van der Waals surface area contributed by atoms with Crippen LogP contribution in [0.15, 0.2) is 36.7 Å². The van der Waals surface area contributed by atoms with Crippen molar-refractivity contribution in [1.29, 1.82) is 0 Å². The van der Waals surface area contributed by atoms with Gasteiger partial charge in [-0.15, -0.1) is 0 Å². The number of carbonyl (C=O) groups is 1. The van der Waals surface area contributed by atoms with Gasteiger partial charge in [0.1, 0.15) is 23.8 Å². The van der Waals surface area contributed by atoms with Gasteiger partial charge in [0.2, 0.25) is 0 Å². The molecule has 0 bridgehead atoms. The van der Waals surface area contributed by atoms with Gasteiger partial charge < -0.3 is 19.5 Å². The highest BCUT2D eigenvalue weighted by atomic mass is 19.1. The Morgan fingerprint density at radius 3 is 2.70 bits per heavy atom. The summed E-state index contributed by atoms with van der Waals surface area (Å²) in [4.78, 5) is 18.1.